The quantitative estimate of drug-likeness (QED) is 0.912. The summed E-state index contributed by atoms with van der Waals surface area (Å²) in [5.74, 6) is 0.147. The Morgan fingerprint density at radius 1 is 1.14 bits per heavy atom. The highest BCUT2D eigenvalue weighted by atomic mass is 16.2. The molecule has 0 spiro atoms. The van der Waals surface area contributed by atoms with Crippen molar-refractivity contribution in [3.8, 4) is 0 Å². The number of carbonyl (C=O) groups excluding carboxylic acids is 2. The second-order valence-corrected chi connectivity index (χ2v) is 6.17. The molecule has 1 aromatic rings. The summed E-state index contributed by atoms with van der Waals surface area (Å²) in [7, 11) is 0. The van der Waals surface area contributed by atoms with Gasteiger partial charge in [-0.3, -0.25) is 9.59 Å². The molecule has 1 aromatic carbocycles. The van der Waals surface area contributed by atoms with E-state index in [1.54, 1.807) is 11.1 Å². The van der Waals surface area contributed by atoms with Crippen LogP contribution in [-0.4, -0.2) is 22.8 Å². The highest BCUT2D eigenvalue weighted by Gasteiger charge is 2.38. The van der Waals surface area contributed by atoms with Gasteiger partial charge in [0, 0.05) is 13.1 Å². The lowest BCUT2D eigenvalue weighted by Crippen LogP contribution is -2.54. The maximum Gasteiger partial charge on any atom is 0.247 e. The Kier molecular flexibility index (Phi) is 4.27. The molecule has 2 amide bonds. The smallest absolute Gasteiger partial charge is 0.247 e. The SMILES string of the molecule is CC(=O)N1C=C(c2ccccc2)NC(=O)[C@@H]1C1CCCCC1. The van der Waals surface area contributed by atoms with E-state index in [4.69, 9.17) is 0 Å². The first kappa shape index (κ1) is 14.8. The minimum atomic E-state index is -0.356. The molecule has 1 atom stereocenters. The zero-order valence-corrected chi connectivity index (χ0v) is 12.9. The lowest BCUT2D eigenvalue weighted by atomic mass is 9.82. The van der Waals surface area contributed by atoms with Crippen LogP contribution in [0.5, 0.6) is 0 Å². The van der Waals surface area contributed by atoms with Crippen LogP contribution in [0.25, 0.3) is 5.70 Å². The summed E-state index contributed by atoms with van der Waals surface area (Å²) >= 11 is 0. The number of nitrogens with one attached hydrogen (secondary N) is 1. The second-order valence-electron chi connectivity index (χ2n) is 6.17. The number of hydrogen-bond donors (Lipinski definition) is 1. The van der Waals surface area contributed by atoms with Gasteiger partial charge in [-0.2, -0.15) is 0 Å². The van der Waals surface area contributed by atoms with Crippen LogP contribution >= 0.6 is 0 Å². The predicted octanol–water partition coefficient (Wildman–Crippen LogP) is 2.91. The zero-order chi connectivity index (χ0) is 15.5. The number of nitrogens with zero attached hydrogens (tertiary/aromatic N) is 1. The third-order valence-corrected chi connectivity index (χ3v) is 4.64. The van der Waals surface area contributed by atoms with Gasteiger partial charge in [0.1, 0.15) is 6.04 Å². The van der Waals surface area contributed by atoms with Crippen LogP contribution in [0, 0.1) is 5.92 Å². The van der Waals surface area contributed by atoms with Gasteiger partial charge in [0.15, 0.2) is 0 Å². The molecule has 4 nitrogen and oxygen atoms in total. The van der Waals surface area contributed by atoms with Crippen molar-refractivity contribution >= 4 is 17.5 Å². The molecule has 2 aliphatic rings. The summed E-state index contributed by atoms with van der Waals surface area (Å²) in [6.45, 7) is 1.54. The lowest BCUT2D eigenvalue weighted by Gasteiger charge is -2.38. The first-order valence-electron chi connectivity index (χ1n) is 8.04. The van der Waals surface area contributed by atoms with Crippen molar-refractivity contribution in [3.05, 3.63) is 42.1 Å². The Balaban J connectivity index is 1.91. The number of amides is 2. The van der Waals surface area contributed by atoms with Crippen LogP contribution < -0.4 is 5.32 Å². The van der Waals surface area contributed by atoms with Gasteiger partial charge in [-0.25, -0.2) is 0 Å². The third kappa shape index (κ3) is 2.91. The Labute approximate surface area is 131 Å². The molecule has 1 fully saturated rings. The molecule has 0 saturated heterocycles. The molecule has 1 aliphatic carbocycles. The van der Waals surface area contributed by atoms with Crippen LogP contribution in [0.1, 0.15) is 44.6 Å². The molecular formula is C18H22N2O2. The summed E-state index contributed by atoms with van der Waals surface area (Å²) in [4.78, 5) is 26.4. The molecule has 0 unspecified atom stereocenters. The molecule has 1 heterocycles. The maximum atomic E-state index is 12.6. The highest BCUT2D eigenvalue weighted by Crippen LogP contribution is 2.32. The summed E-state index contributed by atoms with van der Waals surface area (Å²) in [6.07, 6.45) is 7.38. The normalized spacial score (nSPS) is 23.0. The summed E-state index contributed by atoms with van der Waals surface area (Å²) < 4.78 is 0. The Hall–Kier alpha value is -2.10. The Morgan fingerprint density at radius 2 is 1.82 bits per heavy atom. The van der Waals surface area contributed by atoms with Gasteiger partial charge in [0.25, 0.3) is 0 Å². The fourth-order valence-electron chi connectivity index (χ4n) is 3.53. The summed E-state index contributed by atoms with van der Waals surface area (Å²) in [5, 5.41) is 2.99. The number of hydrogen-bond acceptors (Lipinski definition) is 2. The van der Waals surface area contributed by atoms with Crippen molar-refractivity contribution in [2.45, 2.75) is 45.1 Å². The fourth-order valence-corrected chi connectivity index (χ4v) is 3.53. The van der Waals surface area contributed by atoms with Gasteiger partial charge in [-0.15, -0.1) is 0 Å². The van der Waals surface area contributed by atoms with E-state index in [1.807, 2.05) is 30.3 Å². The first-order chi connectivity index (χ1) is 10.7. The molecular weight excluding hydrogens is 276 g/mol. The van der Waals surface area contributed by atoms with Crippen molar-refractivity contribution in [1.82, 2.24) is 10.2 Å². The van der Waals surface area contributed by atoms with E-state index in [2.05, 4.69) is 5.32 Å². The van der Waals surface area contributed by atoms with Gasteiger partial charge >= 0.3 is 0 Å². The third-order valence-electron chi connectivity index (χ3n) is 4.64. The average molecular weight is 298 g/mol. The van der Waals surface area contributed by atoms with E-state index < -0.39 is 0 Å². The van der Waals surface area contributed by atoms with Crippen LogP contribution in [0.4, 0.5) is 0 Å². The van der Waals surface area contributed by atoms with E-state index in [0.717, 1.165) is 31.2 Å². The van der Waals surface area contributed by atoms with Crippen LogP contribution in [-0.2, 0) is 9.59 Å². The molecule has 0 radical (unpaired) electrons. The fraction of sp³-hybridized carbons (Fsp3) is 0.444. The number of rotatable bonds is 2. The molecule has 0 aromatic heterocycles. The van der Waals surface area contributed by atoms with Crippen molar-refractivity contribution in [2.24, 2.45) is 5.92 Å². The van der Waals surface area contributed by atoms with Crippen molar-refractivity contribution in [3.63, 3.8) is 0 Å². The standard InChI is InChI=1S/C18H22N2O2/c1-13(21)20-12-16(14-8-4-2-5-9-14)19-18(22)17(20)15-10-6-3-7-11-15/h2,4-5,8-9,12,15,17H,3,6-7,10-11H2,1H3,(H,19,22)/t17-/m0/s1. The summed E-state index contributed by atoms with van der Waals surface area (Å²) in [6, 6.07) is 9.30. The molecule has 1 aliphatic heterocycles. The molecule has 22 heavy (non-hydrogen) atoms. The van der Waals surface area contributed by atoms with Gasteiger partial charge < -0.3 is 10.2 Å². The molecule has 0 bridgehead atoms. The predicted molar refractivity (Wildman–Crippen MR) is 85.4 cm³/mol. The number of benzene rings is 1. The zero-order valence-electron chi connectivity index (χ0n) is 12.9. The van der Waals surface area contributed by atoms with E-state index in [9.17, 15) is 9.59 Å². The molecule has 1 N–H and O–H groups in total. The van der Waals surface area contributed by atoms with E-state index in [0.29, 0.717) is 5.70 Å². The minimum Gasteiger partial charge on any atom is -0.322 e. The average Bonchev–Trinajstić information content (AvgIpc) is 2.55. The van der Waals surface area contributed by atoms with Gasteiger partial charge in [0.05, 0.1) is 5.70 Å². The van der Waals surface area contributed by atoms with Gasteiger partial charge in [-0.1, -0.05) is 49.6 Å². The lowest BCUT2D eigenvalue weighted by molar-refractivity contribution is -0.138. The monoisotopic (exact) mass is 298 g/mol. The van der Waals surface area contributed by atoms with Crippen LogP contribution in [0.2, 0.25) is 0 Å². The van der Waals surface area contributed by atoms with E-state index >= 15 is 0 Å². The van der Waals surface area contributed by atoms with Gasteiger partial charge in [-0.05, 0) is 24.3 Å². The largest absolute Gasteiger partial charge is 0.322 e. The Bertz CT molecular complexity index is 588. The maximum absolute atomic E-state index is 12.6. The molecule has 1 saturated carbocycles. The molecule has 116 valence electrons. The van der Waals surface area contributed by atoms with Crippen molar-refractivity contribution in [2.75, 3.05) is 0 Å². The Morgan fingerprint density at radius 3 is 2.45 bits per heavy atom. The second kappa shape index (κ2) is 6.34. The van der Waals surface area contributed by atoms with E-state index in [-0.39, 0.29) is 23.8 Å². The first-order valence-corrected chi connectivity index (χ1v) is 8.04. The summed E-state index contributed by atoms with van der Waals surface area (Å²) in [5.41, 5.74) is 1.62. The van der Waals surface area contributed by atoms with Crippen LogP contribution in [0.3, 0.4) is 0 Å². The molecule has 3 rings (SSSR count). The highest BCUT2D eigenvalue weighted by molar-refractivity contribution is 5.96. The van der Waals surface area contributed by atoms with Crippen LogP contribution in [0.15, 0.2) is 36.5 Å². The van der Waals surface area contributed by atoms with Gasteiger partial charge in [0.2, 0.25) is 11.8 Å². The minimum absolute atomic E-state index is 0.0524. The number of carbonyl (C=O) groups is 2. The van der Waals surface area contributed by atoms with Crippen molar-refractivity contribution < 1.29 is 9.59 Å². The molecule has 4 heteroatoms. The van der Waals surface area contributed by atoms with E-state index in [1.165, 1.54) is 13.3 Å². The van der Waals surface area contributed by atoms with Crippen molar-refractivity contribution in [1.29, 1.82) is 0 Å². The topological polar surface area (TPSA) is 49.4 Å².